The molecule has 3 amide bonds. The number of fused-ring (bicyclic) bond motifs is 2. The molecule has 0 saturated heterocycles. The number of anilines is 1. The Morgan fingerprint density at radius 2 is 1.83 bits per heavy atom. The predicted octanol–water partition coefficient (Wildman–Crippen LogP) is 1.90. The van der Waals surface area contributed by atoms with Crippen LogP contribution in [0.1, 0.15) is 50.8 Å². The minimum Gasteiger partial charge on any atom is -0.387 e. The van der Waals surface area contributed by atoms with E-state index in [1.54, 1.807) is 24.3 Å². The van der Waals surface area contributed by atoms with Crippen LogP contribution in [-0.4, -0.2) is 54.4 Å². The monoisotopic (exact) mass is 407 g/mol. The summed E-state index contributed by atoms with van der Waals surface area (Å²) in [7, 11) is 2.05. The Balaban J connectivity index is 1.23. The summed E-state index contributed by atoms with van der Waals surface area (Å²) in [5, 5.41) is 13.1. The van der Waals surface area contributed by atoms with Gasteiger partial charge in [-0.2, -0.15) is 0 Å². The molecule has 2 aliphatic rings. The van der Waals surface area contributed by atoms with Crippen LogP contribution in [-0.2, 0) is 11.2 Å². The molecule has 2 heterocycles. The first kappa shape index (κ1) is 20.1. The molecule has 2 aliphatic heterocycles. The second-order valence-electron chi connectivity index (χ2n) is 7.79. The number of carbonyl (C=O) groups is 3. The van der Waals surface area contributed by atoms with Crippen LogP contribution in [0.2, 0.25) is 0 Å². The Hall–Kier alpha value is -3.19. The molecule has 2 N–H and O–H groups in total. The summed E-state index contributed by atoms with van der Waals surface area (Å²) < 4.78 is 0. The number of hydrogen-bond donors (Lipinski definition) is 2. The summed E-state index contributed by atoms with van der Waals surface area (Å²) in [6.45, 7) is 1.29. The number of aliphatic hydroxyl groups is 1. The van der Waals surface area contributed by atoms with Crippen LogP contribution in [0, 0.1) is 0 Å². The van der Waals surface area contributed by atoms with Crippen molar-refractivity contribution in [1.29, 1.82) is 0 Å². The van der Waals surface area contributed by atoms with E-state index in [4.69, 9.17) is 0 Å². The van der Waals surface area contributed by atoms with Crippen LogP contribution in [0.4, 0.5) is 5.69 Å². The summed E-state index contributed by atoms with van der Waals surface area (Å²) in [4.78, 5) is 40.2. The number of nitrogens with one attached hydrogen (secondary N) is 1. The SMILES string of the molecule is CN1CCc2cc(C(O)CNC(=O)CCCN3C(=O)c4ccccc4C3=O)ccc21. The molecule has 1 unspecified atom stereocenters. The predicted molar refractivity (Wildman–Crippen MR) is 112 cm³/mol. The van der Waals surface area contributed by atoms with Crippen LogP contribution < -0.4 is 10.2 Å². The molecular formula is C23H25N3O4. The van der Waals surface area contributed by atoms with Gasteiger partial charge in [0.1, 0.15) is 0 Å². The van der Waals surface area contributed by atoms with Crippen LogP contribution in [0.25, 0.3) is 0 Å². The fraction of sp³-hybridized carbons (Fsp3) is 0.348. The molecule has 156 valence electrons. The number of hydrogen-bond acceptors (Lipinski definition) is 5. The summed E-state index contributed by atoms with van der Waals surface area (Å²) in [6, 6.07) is 12.6. The smallest absolute Gasteiger partial charge is 0.261 e. The maximum atomic E-state index is 12.3. The van der Waals surface area contributed by atoms with Gasteiger partial charge in [-0.25, -0.2) is 0 Å². The van der Waals surface area contributed by atoms with Gasteiger partial charge in [0, 0.05) is 38.8 Å². The van der Waals surface area contributed by atoms with E-state index in [0.717, 1.165) is 18.5 Å². The van der Waals surface area contributed by atoms with Crippen molar-refractivity contribution in [3.63, 3.8) is 0 Å². The van der Waals surface area contributed by atoms with Gasteiger partial charge in [-0.1, -0.05) is 24.3 Å². The normalized spacial score (nSPS) is 15.9. The summed E-state index contributed by atoms with van der Waals surface area (Å²) in [5.41, 5.74) is 4.01. The van der Waals surface area contributed by atoms with Crippen molar-refractivity contribution in [2.45, 2.75) is 25.4 Å². The minimum absolute atomic E-state index is 0.125. The number of likely N-dealkylation sites (N-methyl/N-ethyl adjacent to an activating group) is 1. The number of nitrogens with zero attached hydrogens (tertiary/aromatic N) is 2. The fourth-order valence-electron chi connectivity index (χ4n) is 4.05. The molecule has 0 aliphatic carbocycles. The third-order valence-corrected chi connectivity index (χ3v) is 5.77. The number of imide groups is 1. The van der Waals surface area contributed by atoms with E-state index >= 15 is 0 Å². The number of aliphatic hydroxyl groups excluding tert-OH is 1. The second-order valence-corrected chi connectivity index (χ2v) is 7.79. The van der Waals surface area contributed by atoms with Gasteiger partial charge in [0.05, 0.1) is 17.2 Å². The molecule has 7 heteroatoms. The topological polar surface area (TPSA) is 89.9 Å². The lowest BCUT2D eigenvalue weighted by molar-refractivity contribution is -0.121. The van der Waals surface area contributed by atoms with Crippen molar-refractivity contribution < 1.29 is 19.5 Å². The Kier molecular flexibility index (Phi) is 5.55. The zero-order chi connectivity index (χ0) is 21.3. The van der Waals surface area contributed by atoms with Crippen molar-refractivity contribution in [2.24, 2.45) is 0 Å². The average Bonchev–Trinajstić information content (AvgIpc) is 3.24. The van der Waals surface area contributed by atoms with Gasteiger partial charge in [0.25, 0.3) is 11.8 Å². The molecule has 1 atom stereocenters. The highest BCUT2D eigenvalue weighted by atomic mass is 16.3. The van der Waals surface area contributed by atoms with Crippen molar-refractivity contribution in [3.8, 4) is 0 Å². The van der Waals surface area contributed by atoms with E-state index in [1.807, 2.05) is 25.2 Å². The van der Waals surface area contributed by atoms with Gasteiger partial charge in [-0.05, 0) is 42.2 Å². The molecular weight excluding hydrogens is 382 g/mol. The second kappa shape index (κ2) is 8.28. The summed E-state index contributed by atoms with van der Waals surface area (Å²) in [5.74, 6) is -0.839. The molecule has 30 heavy (non-hydrogen) atoms. The fourth-order valence-corrected chi connectivity index (χ4v) is 4.05. The lowest BCUT2D eigenvalue weighted by Crippen LogP contribution is -2.32. The maximum Gasteiger partial charge on any atom is 0.261 e. The van der Waals surface area contributed by atoms with Crippen LogP contribution >= 0.6 is 0 Å². The van der Waals surface area contributed by atoms with E-state index in [2.05, 4.69) is 10.2 Å². The Bertz CT molecular complexity index is 969. The van der Waals surface area contributed by atoms with Gasteiger partial charge < -0.3 is 15.3 Å². The molecule has 7 nitrogen and oxygen atoms in total. The number of carbonyl (C=O) groups excluding carboxylic acids is 3. The third kappa shape index (κ3) is 3.80. The van der Waals surface area contributed by atoms with E-state index in [-0.39, 0.29) is 37.2 Å². The van der Waals surface area contributed by atoms with Gasteiger partial charge in [0.2, 0.25) is 5.91 Å². The van der Waals surface area contributed by atoms with Gasteiger partial charge in [-0.15, -0.1) is 0 Å². The molecule has 0 bridgehead atoms. The first-order valence-corrected chi connectivity index (χ1v) is 10.2. The Morgan fingerprint density at radius 1 is 1.13 bits per heavy atom. The standard InChI is InChI=1S/C23H25N3O4/c1-25-12-10-15-13-16(8-9-19(15)25)20(27)14-24-21(28)7-4-11-26-22(29)17-5-2-3-6-18(17)23(26)30/h2-3,5-6,8-9,13,20,27H,4,7,10-12,14H2,1H3,(H,24,28). The minimum atomic E-state index is -0.776. The third-order valence-electron chi connectivity index (χ3n) is 5.77. The molecule has 2 aromatic rings. The van der Waals surface area contributed by atoms with Crippen molar-refractivity contribution in [3.05, 3.63) is 64.7 Å². The van der Waals surface area contributed by atoms with E-state index in [0.29, 0.717) is 17.5 Å². The van der Waals surface area contributed by atoms with Gasteiger partial charge >= 0.3 is 0 Å². The van der Waals surface area contributed by atoms with E-state index < -0.39 is 6.10 Å². The largest absolute Gasteiger partial charge is 0.387 e. The number of benzene rings is 2. The Labute approximate surface area is 175 Å². The van der Waals surface area contributed by atoms with Crippen molar-refractivity contribution in [1.82, 2.24) is 10.2 Å². The van der Waals surface area contributed by atoms with Gasteiger partial charge in [0.15, 0.2) is 0 Å². The number of rotatable bonds is 7. The molecule has 4 rings (SSSR count). The molecule has 0 aromatic heterocycles. The van der Waals surface area contributed by atoms with Crippen molar-refractivity contribution in [2.75, 3.05) is 31.6 Å². The van der Waals surface area contributed by atoms with E-state index in [1.165, 1.54) is 16.2 Å². The molecule has 2 aromatic carbocycles. The van der Waals surface area contributed by atoms with Gasteiger partial charge in [-0.3, -0.25) is 19.3 Å². The number of amides is 3. The highest BCUT2D eigenvalue weighted by molar-refractivity contribution is 6.21. The highest BCUT2D eigenvalue weighted by Crippen LogP contribution is 2.29. The first-order chi connectivity index (χ1) is 14.5. The van der Waals surface area contributed by atoms with Crippen LogP contribution in [0.15, 0.2) is 42.5 Å². The summed E-state index contributed by atoms with van der Waals surface area (Å²) >= 11 is 0. The lowest BCUT2D eigenvalue weighted by atomic mass is 10.0. The molecule has 0 radical (unpaired) electrons. The maximum absolute atomic E-state index is 12.3. The summed E-state index contributed by atoms with van der Waals surface area (Å²) in [6.07, 6.45) is 0.728. The quantitative estimate of drug-likeness (QED) is 0.685. The van der Waals surface area contributed by atoms with Crippen LogP contribution in [0.5, 0.6) is 0 Å². The lowest BCUT2D eigenvalue weighted by Gasteiger charge is -2.16. The van der Waals surface area contributed by atoms with Crippen molar-refractivity contribution >= 4 is 23.4 Å². The molecule has 0 saturated carbocycles. The molecule has 0 spiro atoms. The first-order valence-electron chi connectivity index (χ1n) is 10.2. The average molecular weight is 407 g/mol. The highest BCUT2D eigenvalue weighted by Gasteiger charge is 2.34. The van der Waals surface area contributed by atoms with E-state index in [9.17, 15) is 19.5 Å². The molecule has 0 fully saturated rings. The zero-order valence-electron chi connectivity index (χ0n) is 16.9. The Morgan fingerprint density at radius 3 is 2.53 bits per heavy atom. The van der Waals surface area contributed by atoms with Crippen LogP contribution in [0.3, 0.4) is 0 Å². The zero-order valence-corrected chi connectivity index (χ0v) is 16.9.